The highest BCUT2D eigenvalue weighted by Gasteiger charge is 2.26. The van der Waals surface area contributed by atoms with E-state index in [1.54, 1.807) is 6.20 Å². The molecule has 0 unspecified atom stereocenters. The highest BCUT2D eigenvalue weighted by Crippen LogP contribution is 2.38. The molecule has 1 N–H and O–H groups in total. The van der Waals surface area contributed by atoms with Gasteiger partial charge in [-0.15, -0.1) is 0 Å². The Labute approximate surface area is 193 Å². The summed E-state index contributed by atoms with van der Waals surface area (Å²) < 4.78 is 11.3. The quantitative estimate of drug-likeness (QED) is 0.691. The van der Waals surface area contributed by atoms with E-state index in [2.05, 4.69) is 25.1 Å². The Hall–Kier alpha value is -2.74. The summed E-state index contributed by atoms with van der Waals surface area (Å²) in [6.07, 6.45) is 5.07. The fraction of sp³-hybridized carbons (Fsp3) is 0.522. The molecular formula is C23H30ClN5O3. The third kappa shape index (κ3) is 5.18. The van der Waals surface area contributed by atoms with E-state index in [4.69, 9.17) is 21.1 Å². The zero-order valence-electron chi connectivity index (χ0n) is 19.0. The van der Waals surface area contributed by atoms with Gasteiger partial charge in [0.1, 0.15) is 17.4 Å². The molecule has 1 amide bonds. The highest BCUT2D eigenvalue weighted by atomic mass is 35.5. The van der Waals surface area contributed by atoms with E-state index in [0.29, 0.717) is 18.3 Å². The number of pyridine rings is 2. The monoisotopic (exact) mass is 459 g/mol. The average molecular weight is 460 g/mol. The summed E-state index contributed by atoms with van der Waals surface area (Å²) in [7, 11) is 2.01. The lowest BCUT2D eigenvalue weighted by Crippen LogP contribution is -2.49. The molecule has 0 spiro atoms. The van der Waals surface area contributed by atoms with Gasteiger partial charge in [0, 0.05) is 55.4 Å². The van der Waals surface area contributed by atoms with Gasteiger partial charge in [-0.1, -0.05) is 11.6 Å². The molecule has 0 saturated carbocycles. The Morgan fingerprint density at radius 2 is 2.06 bits per heavy atom. The van der Waals surface area contributed by atoms with E-state index in [-0.39, 0.29) is 6.04 Å². The lowest BCUT2D eigenvalue weighted by molar-refractivity contribution is 0.0500. The molecule has 4 rings (SSSR count). The SMILES string of the molecule is CN1CCOc2cc(-c3cnc(Cl)cc3N3CCC[C@H](NC(=O)OC(C)(C)C)C3)cnc21. The molecule has 0 radical (unpaired) electrons. The van der Waals surface area contributed by atoms with Crippen LogP contribution in [0.15, 0.2) is 24.5 Å². The van der Waals surface area contributed by atoms with E-state index in [1.807, 2.05) is 46.1 Å². The zero-order valence-corrected chi connectivity index (χ0v) is 19.8. The Balaban J connectivity index is 1.58. The number of amides is 1. The van der Waals surface area contributed by atoms with Crippen LogP contribution in [0.25, 0.3) is 11.1 Å². The van der Waals surface area contributed by atoms with Crippen molar-refractivity contribution >= 4 is 29.2 Å². The van der Waals surface area contributed by atoms with Crippen LogP contribution < -0.4 is 19.9 Å². The van der Waals surface area contributed by atoms with Crippen LogP contribution in [0.3, 0.4) is 0 Å². The van der Waals surface area contributed by atoms with Gasteiger partial charge in [-0.2, -0.15) is 0 Å². The molecule has 1 atom stereocenters. The molecule has 9 heteroatoms. The predicted octanol–water partition coefficient (Wildman–Crippen LogP) is 4.12. The number of alkyl carbamates (subject to hydrolysis) is 1. The first-order chi connectivity index (χ1) is 15.2. The smallest absolute Gasteiger partial charge is 0.407 e. The summed E-state index contributed by atoms with van der Waals surface area (Å²) >= 11 is 6.28. The number of nitrogens with one attached hydrogen (secondary N) is 1. The Morgan fingerprint density at radius 1 is 1.25 bits per heavy atom. The van der Waals surface area contributed by atoms with Crippen LogP contribution in [0.4, 0.5) is 16.3 Å². The molecule has 32 heavy (non-hydrogen) atoms. The standard InChI is InChI=1S/C23H30ClN5O3/c1-23(2,3)32-22(30)27-16-6-5-7-29(14-16)18-11-20(24)25-13-17(18)15-10-19-21(26-12-15)28(4)8-9-31-19/h10-13,16H,5-9,14H2,1-4H3,(H,27,30)/t16-/m0/s1. The van der Waals surface area contributed by atoms with E-state index in [0.717, 1.165) is 54.3 Å². The number of ether oxygens (including phenoxy) is 2. The molecule has 4 heterocycles. The lowest BCUT2D eigenvalue weighted by Gasteiger charge is -2.36. The Bertz CT molecular complexity index is 994. The van der Waals surface area contributed by atoms with Crippen LogP contribution in [0.1, 0.15) is 33.6 Å². The van der Waals surface area contributed by atoms with Crippen molar-refractivity contribution in [2.45, 2.75) is 45.3 Å². The van der Waals surface area contributed by atoms with Gasteiger partial charge in [0.05, 0.1) is 6.54 Å². The number of carbonyl (C=O) groups is 1. The molecule has 2 aliphatic rings. The van der Waals surface area contributed by atoms with Gasteiger partial charge < -0.3 is 24.6 Å². The number of piperidine rings is 1. The van der Waals surface area contributed by atoms with Gasteiger partial charge in [0.2, 0.25) is 0 Å². The summed E-state index contributed by atoms with van der Waals surface area (Å²) in [6, 6.07) is 3.86. The number of likely N-dealkylation sites (N-methyl/N-ethyl adjacent to an activating group) is 1. The second kappa shape index (κ2) is 9.02. The van der Waals surface area contributed by atoms with Crippen LogP contribution in [0, 0.1) is 0 Å². The van der Waals surface area contributed by atoms with Crippen molar-refractivity contribution in [3.05, 3.63) is 29.7 Å². The van der Waals surface area contributed by atoms with Crippen molar-refractivity contribution < 1.29 is 14.3 Å². The van der Waals surface area contributed by atoms with Crippen LogP contribution >= 0.6 is 11.6 Å². The van der Waals surface area contributed by atoms with Gasteiger partial charge in [-0.3, -0.25) is 0 Å². The van der Waals surface area contributed by atoms with Crippen LogP contribution in [-0.2, 0) is 4.74 Å². The third-order valence-corrected chi connectivity index (χ3v) is 5.73. The number of aromatic nitrogens is 2. The summed E-state index contributed by atoms with van der Waals surface area (Å²) in [5.41, 5.74) is 2.28. The van der Waals surface area contributed by atoms with Crippen molar-refractivity contribution in [1.29, 1.82) is 0 Å². The molecule has 2 aromatic heterocycles. The van der Waals surface area contributed by atoms with E-state index >= 15 is 0 Å². The third-order valence-electron chi connectivity index (χ3n) is 5.52. The Morgan fingerprint density at radius 3 is 2.84 bits per heavy atom. The van der Waals surface area contributed by atoms with E-state index in [1.165, 1.54) is 0 Å². The summed E-state index contributed by atoms with van der Waals surface area (Å²) in [5.74, 6) is 1.60. The van der Waals surface area contributed by atoms with E-state index in [9.17, 15) is 4.79 Å². The molecule has 2 aromatic rings. The second-order valence-corrected chi connectivity index (χ2v) is 9.66. The molecule has 0 bridgehead atoms. The fourth-order valence-electron chi connectivity index (χ4n) is 4.07. The van der Waals surface area contributed by atoms with E-state index < -0.39 is 11.7 Å². The first kappa shape index (κ1) is 22.5. The van der Waals surface area contributed by atoms with Crippen LogP contribution in [0.2, 0.25) is 5.15 Å². The summed E-state index contributed by atoms with van der Waals surface area (Å²) in [5, 5.41) is 3.43. The maximum atomic E-state index is 12.3. The number of fused-ring (bicyclic) bond motifs is 1. The van der Waals surface area contributed by atoms with Crippen molar-refractivity contribution in [3.63, 3.8) is 0 Å². The number of anilines is 2. The van der Waals surface area contributed by atoms with Gasteiger partial charge in [0.15, 0.2) is 11.6 Å². The largest absolute Gasteiger partial charge is 0.488 e. The minimum absolute atomic E-state index is 0.0166. The minimum Gasteiger partial charge on any atom is -0.488 e. The van der Waals surface area contributed by atoms with Gasteiger partial charge >= 0.3 is 6.09 Å². The highest BCUT2D eigenvalue weighted by molar-refractivity contribution is 6.29. The van der Waals surface area contributed by atoms with Gasteiger partial charge in [-0.05, 0) is 45.7 Å². The zero-order chi connectivity index (χ0) is 22.9. The van der Waals surface area contributed by atoms with Crippen LogP contribution in [0.5, 0.6) is 5.75 Å². The normalized spacial score (nSPS) is 18.6. The number of carbonyl (C=O) groups excluding carboxylic acids is 1. The number of nitrogens with zero attached hydrogens (tertiary/aromatic N) is 4. The first-order valence-electron chi connectivity index (χ1n) is 10.9. The molecule has 0 aliphatic carbocycles. The Kier molecular flexibility index (Phi) is 6.33. The number of rotatable bonds is 3. The van der Waals surface area contributed by atoms with Crippen molar-refractivity contribution in [3.8, 4) is 16.9 Å². The van der Waals surface area contributed by atoms with Gasteiger partial charge in [-0.25, -0.2) is 14.8 Å². The molecule has 0 aromatic carbocycles. The average Bonchev–Trinajstić information content (AvgIpc) is 2.72. The predicted molar refractivity (Wildman–Crippen MR) is 126 cm³/mol. The molecule has 1 fully saturated rings. The number of hydrogen-bond acceptors (Lipinski definition) is 7. The second-order valence-electron chi connectivity index (χ2n) is 9.27. The molecule has 172 valence electrons. The maximum Gasteiger partial charge on any atom is 0.407 e. The molecule has 8 nitrogen and oxygen atoms in total. The number of halogens is 1. The minimum atomic E-state index is -0.528. The summed E-state index contributed by atoms with van der Waals surface area (Å²) in [4.78, 5) is 25.5. The van der Waals surface area contributed by atoms with Crippen molar-refractivity contribution in [2.24, 2.45) is 0 Å². The van der Waals surface area contributed by atoms with Gasteiger partial charge in [0.25, 0.3) is 0 Å². The molecule has 2 aliphatic heterocycles. The summed E-state index contributed by atoms with van der Waals surface area (Å²) in [6.45, 7) is 8.54. The topological polar surface area (TPSA) is 79.8 Å². The maximum absolute atomic E-state index is 12.3. The molecule has 1 saturated heterocycles. The number of hydrogen-bond donors (Lipinski definition) is 1. The first-order valence-corrected chi connectivity index (χ1v) is 11.3. The van der Waals surface area contributed by atoms with Crippen LogP contribution in [-0.4, -0.2) is 61.0 Å². The molecular weight excluding hydrogens is 430 g/mol. The lowest BCUT2D eigenvalue weighted by atomic mass is 10.0. The fourth-order valence-corrected chi connectivity index (χ4v) is 4.22. The van der Waals surface area contributed by atoms with Crippen molar-refractivity contribution in [1.82, 2.24) is 15.3 Å². The van der Waals surface area contributed by atoms with Crippen molar-refractivity contribution in [2.75, 3.05) is 43.1 Å².